The zero-order valence-corrected chi connectivity index (χ0v) is 12.7. The molecule has 0 aromatic carbocycles. The Morgan fingerprint density at radius 1 is 1.53 bits per heavy atom. The highest BCUT2D eigenvalue weighted by Gasteiger charge is 2.23. The van der Waals surface area contributed by atoms with Crippen molar-refractivity contribution >= 4 is 23.2 Å². The molecule has 19 heavy (non-hydrogen) atoms. The summed E-state index contributed by atoms with van der Waals surface area (Å²) in [4.78, 5) is 16.2. The number of nitrogens with two attached hydrogens (primary N) is 1. The van der Waals surface area contributed by atoms with Crippen LogP contribution in [0.4, 0.5) is 5.69 Å². The number of hydrogen-bond donors (Lipinski definition) is 2. The summed E-state index contributed by atoms with van der Waals surface area (Å²) < 4.78 is 0. The van der Waals surface area contributed by atoms with E-state index in [9.17, 15) is 4.79 Å². The van der Waals surface area contributed by atoms with E-state index in [0.29, 0.717) is 17.4 Å². The molecule has 1 aromatic heterocycles. The number of amides is 1. The molecule has 1 heterocycles. The third kappa shape index (κ3) is 5.17. The first-order chi connectivity index (χ1) is 8.73. The maximum absolute atomic E-state index is 12.2. The SMILES string of the molecule is Cc1cc(NC(=O)C(CN)CC(C)(C)C)cnc1Cl. The summed E-state index contributed by atoms with van der Waals surface area (Å²) in [5.41, 5.74) is 7.24. The first-order valence-electron chi connectivity index (χ1n) is 6.36. The van der Waals surface area contributed by atoms with Crippen molar-refractivity contribution in [1.82, 2.24) is 4.98 Å². The van der Waals surface area contributed by atoms with Gasteiger partial charge in [-0.1, -0.05) is 32.4 Å². The summed E-state index contributed by atoms with van der Waals surface area (Å²) in [6, 6.07) is 1.80. The second-order valence-electron chi connectivity index (χ2n) is 6.02. The third-order valence-corrected chi connectivity index (χ3v) is 3.19. The third-order valence-electron chi connectivity index (χ3n) is 2.80. The number of aromatic nitrogens is 1. The molecule has 0 radical (unpaired) electrons. The average Bonchev–Trinajstić information content (AvgIpc) is 2.29. The Morgan fingerprint density at radius 2 is 2.16 bits per heavy atom. The topological polar surface area (TPSA) is 68.0 Å². The molecule has 1 amide bonds. The Bertz CT molecular complexity index is 454. The summed E-state index contributed by atoms with van der Waals surface area (Å²) in [6.45, 7) is 8.47. The number of pyridine rings is 1. The van der Waals surface area contributed by atoms with E-state index in [2.05, 4.69) is 31.1 Å². The van der Waals surface area contributed by atoms with Crippen molar-refractivity contribution in [3.05, 3.63) is 23.0 Å². The van der Waals surface area contributed by atoms with Crippen molar-refractivity contribution in [3.63, 3.8) is 0 Å². The lowest BCUT2D eigenvalue weighted by molar-refractivity contribution is -0.120. The van der Waals surface area contributed by atoms with Gasteiger partial charge in [0.1, 0.15) is 5.15 Å². The number of hydrogen-bond acceptors (Lipinski definition) is 3. The van der Waals surface area contributed by atoms with Gasteiger partial charge in [-0.25, -0.2) is 4.98 Å². The number of nitrogens with one attached hydrogen (secondary N) is 1. The second kappa shape index (κ2) is 6.35. The largest absolute Gasteiger partial charge is 0.330 e. The molecule has 0 saturated carbocycles. The second-order valence-corrected chi connectivity index (χ2v) is 6.38. The van der Waals surface area contributed by atoms with Crippen molar-refractivity contribution in [3.8, 4) is 0 Å². The molecule has 5 heteroatoms. The summed E-state index contributed by atoms with van der Waals surface area (Å²) in [5, 5.41) is 3.29. The van der Waals surface area contributed by atoms with Gasteiger partial charge in [0.25, 0.3) is 0 Å². The Hall–Kier alpha value is -1.13. The molecule has 0 aliphatic rings. The highest BCUT2D eigenvalue weighted by atomic mass is 35.5. The van der Waals surface area contributed by atoms with E-state index in [0.717, 1.165) is 12.0 Å². The molecule has 0 fully saturated rings. The van der Waals surface area contributed by atoms with Crippen LogP contribution in [0.15, 0.2) is 12.3 Å². The molecule has 0 spiro atoms. The summed E-state index contributed by atoms with van der Waals surface area (Å²) in [6.07, 6.45) is 2.30. The number of carbonyl (C=O) groups is 1. The molecule has 0 bridgehead atoms. The van der Waals surface area contributed by atoms with Crippen molar-refractivity contribution in [2.75, 3.05) is 11.9 Å². The fraction of sp³-hybridized carbons (Fsp3) is 0.571. The van der Waals surface area contributed by atoms with Crippen LogP contribution in [0.3, 0.4) is 0 Å². The van der Waals surface area contributed by atoms with Gasteiger partial charge < -0.3 is 11.1 Å². The van der Waals surface area contributed by atoms with E-state index in [1.165, 1.54) is 0 Å². The molecule has 0 aliphatic heterocycles. The molecule has 0 aliphatic carbocycles. The van der Waals surface area contributed by atoms with Crippen LogP contribution in [-0.2, 0) is 4.79 Å². The predicted molar refractivity (Wildman–Crippen MR) is 79.2 cm³/mol. The zero-order chi connectivity index (χ0) is 14.6. The van der Waals surface area contributed by atoms with Crippen LogP contribution >= 0.6 is 11.6 Å². The molecule has 106 valence electrons. The minimum atomic E-state index is -0.198. The summed E-state index contributed by atoms with van der Waals surface area (Å²) >= 11 is 5.85. The van der Waals surface area contributed by atoms with Gasteiger partial charge in [-0.3, -0.25) is 4.79 Å². The van der Waals surface area contributed by atoms with Gasteiger partial charge in [0.2, 0.25) is 5.91 Å². The number of aryl methyl sites for hydroxylation is 1. The van der Waals surface area contributed by atoms with Crippen LogP contribution in [0.1, 0.15) is 32.8 Å². The number of rotatable bonds is 4. The molecule has 1 rings (SSSR count). The Kier molecular flexibility index (Phi) is 5.32. The molecule has 1 atom stereocenters. The highest BCUT2D eigenvalue weighted by Crippen LogP contribution is 2.25. The normalized spacial score (nSPS) is 13.2. The number of halogens is 1. The van der Waals surface area contributed by atoms with Crippen molar-refractivity contribution in [2.24, 2.45) is 17.1 Å². The van der Waals surface area contributed by atoms with Gasteiger partial charge in [-0.05, 0) is 30.4 Å². The number of anilines is 1. The van der Waals surface area contributed by atoms with Crippen LogP contribution in [0, 0.1) is 18.3 Å². The van der Waals surface area contributed by atoms with Crippen LogP contribution in [-0.4, -0.2) is 17.4 Å². The van der Waals surface area contributed by atoms with E-state index >= 15 is 0 Å². The minimum absolute atomic E-state index is 0.0650. The predicted octanol–water partition coefficient (Wildman–Crippen LogP) is 2.99. The van der Waals surface area contributed by atoms with E-state index in [1.807, 2.05) is 6.92 Å². The molecular formula is C14H22ClN3O. The van der Waals surface area contributed by atoms with E-state index in [1.54, 1.807) is 12.3 Å². The van der Waals surface area contributed by atoms with E-state index in [-0.39, 0.29) is 17.2 Å². The van der Waals surface area contributed by atoms with Crippen molar-refractivity contribution < 1.29 is 4.79 Å². The van der Waals surface area contributed by atoms with Crippen molar-refractivity contribution in [2.45, 2.75) is 34.1 Å². The Balaban J connectivity index is 2.74. The number of carbonyl (C=O) groups excluding carboxylic acids is 1. The van der Waals surface area contributed by atoms with E-state index in [4.69, 9.17) is 17.3 Å². The Morgan fingerprint density at radius 3 is 2.63 bits per heavy atom. The lowest BCUT2D eigenvalue weighted by Crippen LogP contribution is -2.32. The zero-order valence-electron chi connectivity index (χ0n) is 12.0. The summed E-state index contributed by atoms with van der Waals surface area (Å²) in [5.74, 6) is -0.267. The monoisotopic (exact) mass is 283 g/mol. The minimum Gasteiger partial charge on any atom is -0.330 e. The molecule has 1 aromatic rings. The smallest absolute Gasteiger partial charge is 0.228 e. The molecule has 3 N–H and O–H groups in total. The Labute approximate surface area is 119 Å². The molecular weight excluding hydrogens is 262 g/mol. The molecule has 0 saturated heterocycles. The maximum atomic E-state index is 12.2. The van der Waals surface area contributed by atoms with Crippen LogP contribution in [0.2, 0.25) is 5.15 Å². The molecule has 1 unspecified atom stereocenters. The fourth-order valence-corrected chi connectivity index (χ4v) is 2.00. The standard InChI is InChI=1S/C14H22ClN3O/c1-9-5-11(8-17-12(9)15)18-13(19)10(7-16)6-14(2,3)4/h5,8,10H,6-7,16H2,1-4H3,(H,18,19). The maximum Gasteiger partial charge on any atom is 0.228 e. The van der Waals surface area contributed by atoms with Gasteiger partial charge in [0.15, 0.2) is 0 Å². The van der Waals surface area contributed by atoms with Crippen LogP contribution in [0.25, 0.3) is 0 Å². The number of nitrogens with zero attached hydrogens (tertiary/aromatic N) is 1. The molecule has 4 nitrogen and oxygen atoms in total. The van der Waals surface area contributed by atoms with Gasteiger partial charge in [0.05, 0.1) is 17.8 Å². The van der Waals surface area contributed by atoms with Crippen molar-refractivity contribution in [1.29, 1.82) is 0 Å². The van der Waals surface area contributed by atoms with Crippen LogP contribution < -0.4 is 11.1 Å². The lowest BCUT2D eigenvalue weighted by atomic mass is 9.84. The lowest BCUT2D eigenvalue weighted by Gasteiger charge is -2.24. The average molecular weight is 284 g/mol. The fourth-order valence-electron chi connectivity index (χ4n) is 1.89. The van der Waals surface area contributed by atoms with Crippen LogP contribution in [0.5, 0.6) is 0 Å². The van der Waals surface area contributed by atoms with Gasteiger partial charge in [0, 0.05) is 6.54 Å². The summed E-state index contributed by atoms with van der Waals surface area (Å²) in [7, 11) is 0. The van der Waals surface area contributed by atoms with Gasteiger partial charge in [-0.2, -0.15) is 0 Å². The highest BCUT2D eigenvalue weighted by molar-refractivity contribution is 6.30. The van der Waals surface area contributed by atoms with Gasteiger partial charge in [-0.15, -0.1) is 0 Å². The quantitative estimate of drug-likeness (QED) is 0.835. The first kappa shape index (κ1) is 15.9. The van der Waals surface area contributed by atoms with E-state index < -0.39 is 0 Å². The first-order valence-corrected chi connectivity index (χ1v) is 6.74. The van der Waals surface area contributed by atoms with Gasteiger partial charge >= 0.3 is 0 Å².